The summed E-state index contributed by atoms with van der Waals surface area (Å²) in [6, 6.07) is 12.6. The van der Waals surface area contributed by atoms with Crippen molar-refractivity contribution in [2.45, 2.75) is 63.1 Å². The van der Waals surface area contributed by atoms with Gasteiger partial charge in [0.2, 0.25) is 5.91 Å². The molecule has 0 aliphatic carbocycles. The number of carbonyl (C=O) groups is 1. The molecular formula is C22H24F3N3O2. The number of alkyl halides is 3. The minimum atomic E-state index is -4.56. The zero-order chi connectivity index (χ0) is 21.3. The quantitative estimate of drug-likeness (QED) is 0.810. The number of rotatable bonds is 5. The Labute approximate surface area is 172 Å². The SMILES string of the molecule is O=C(Cn1cc(C(F)(F)F)ccc1=O)NC1CC2CCC(C1)N2Cc1ccccc1. The van der Waals surface area contributed by atoms with E-state index in [0.717, 1.165) is 48.9 Å². The van der Waals surface area contributed by atoms with Crippen LogP contribution >= 0.6 is 0 Å². The number of pyridine rings is 1. The third-order valence-corrected chi connectivity index (χ3v) is 6.08. The van der Waals surface area contributed by atoms with Gasteiger partial charge in [-0.2, -0.15) is 13.2 Å². The van der Waals surface area contributed by atoms with Gasteiger partial charge in [-0.05, 0) is 37.3 Å². The summed E-state index contributed by atoms with van der Waals surface area (Å²) in [5.41, 5.74) is -0.307. The monoisotopic (exact) mass is 419 g/mol. The summed E-state index contributed by atoms with van der Waals surface area (Å²) in [6.45, 7) is 0.471. The van der Waals surface area contributed by atoms with Crippen LogP contribution in [0.25, 0.3) is 0 Å². The largest absolute Gasteiger partial charge is 0.417 e. The molecule has 160 valence electrons. The van der Waals surface area contributed by atoms with Gasteiger partial charge in [0.25, 0.3) is 5.56 Å². The lowest BCUT2D eigenvalue weighted by Gasteiger charge is -2.39. The minimum absolute atomic E-state index is 0.0245. The van der Waals surface area contributed by atoms with Crippen LogP contribution in [0, 0.1) is 0 Å². The molecule has 2 aliphatic rings. The van der Waals surface area contributed by atoms with E-state index < -0.39 is 29.8 Å². The van der Waals surface area contributed by atoms with Crippen molar-refractivity contribution in [2.24, 2.45) is 0 Å². The minimum Gasteiger partial charge on any atom is -0.352 e. The molecule has 2 aromatic rings. The van der Waals surface area contributed by atoms with E-state index in [9.17, 15) is 22.8 Å². The molecule has 2 aliphatic heterocycles. The smallest absolute Gasteiger partial charge is 0.352 e. The van der Waals surface area contributed by atoms with E-state index >= 15 is 0 Å². The Kier molecular flexibility index (Phi) is 5.69. The van der Waals surface area contributed by atoms with Crippen molar-refractivity contribution >= 4 is 5.91 Å². The van der Waals surface area contributed by atoms with Gasteiger partial charge in [-0.3, -0.25) is 14.5 Å². The number of nitrogens with zero attached hydrogens (tertiary/aromatic N) is 2. The summed E-state index contributed by atoms with van der Waals surface area (Å²) in [6.07, 6.45) is -0.0716. The van der Waals surface area contributed by atoms with Crippen molar-refractivity contribution in [1.82, 2.24) is 14.8 Å². The first-order valence-electron chi connectivity index (χ1n) is 10.2. The lowest BCUT2D eigenvalue weighted by Crippen LogP contribution is -2.50. The van der Waals surface area contributed by atoms with E-state index in [1.165, 1.54) is 5.56 Å². The molecular weight excluding hydrogens is 395 g/mol. The Bertz CT molecular complexity index is 944. The van der Waals surface area contributed by atoms with Crippen LogP contribution in [0.2, 0.25) is 0 Å². The molecule has 1 aromatic heterocycles. The predicted molar refractivity (Wildman–Crippen MR) is 106 cm³/mol. The van der Waals surface area contributed by atoms with Gasteiger partial charge in [-0.25, -0.2) is 0 Å². The van der Waals surface area contributed by atoms with E-state index in [4.69, 9.17) is 0 Å². The molecule has 1 N–H and O–H groups in total. The lowest BCUT2D eigenvalue weighted by atomic mass is 9.96. The number of hydrogen-bond donors (Lipinski definition) is 1. The van der Waals surface area contributed by atoms with E-state index in [0.29, 0.717) is 18.3 Å². The molecule has 8 heteroatoms. The Morgan fingerprint density at radius 3 is 2.33 bits per heavy atom. The maximum Gasteiger partial charge on any atom is 0.417 e. The molecule has 5 nitrogen and oxygen atoms in total. The maximum atomic E-state index is 12.9. The number of fused-ring (bicyclic) bond motifs is 2. The summed E-state index contributed by atoms with van der Waals surface area (Å²) < 4.78 is 39.4. The fourth-order valence-corrected chi connectivity index (χ4v) is 4.70. The number of carbonyl (C=O) groups excluding carboxylic acids is 1. The first-order valence-corrected chi connectivity index (χ1v) is 10.2. The molecule has 2 fully saturated rings. The summed E-state index contributed by atoms with van der Waals surface area (Å²) in [5, 5.41) is 2.93. The van der Waals surface area contributed by atoms with Gasteiger partial charge < -0.3 is 9.88 Å². The van der Waals surface area contributed by atoms with Crippen LogP contribution in [0.15, 0.2) is 53.5 Å². The Morgan fingerprint density at radius 2 is 1.70 bits per heavy atom. The number of benzene rings is 1. The lowest BCUT2D eigenvalue weighted by molar-refractivity contribution is -0.138. The van der Waals surface area contributed by atoms with Crippen molar-refractivity contribution in [2.75, 3.05) is 0 Å². The third-order valence-electron chi connectivity index (χ3n) is 6.08. The van der Waals surface area contributed by atoms with Crippen LogP contribution in [0.4, 0.5) is 13.2 Å². The number of hydrogen-bond acceptors (Lipinski definition) is 3. The number of halogens is 3. The van der Waals surface area contributed by atoms with E-state index in [-0.39, 0.29) is 6.04 Å². The van der Waals surface area contributed by atoms with Crippen LogP contribution < -0.4 is 10.9 Å². The van der Waals surface area contributed by atoms with Gasteiger partial charge in [0, 0.05) is 36.9 Å². The fourth-order valence-electron chi connectivity index (χ4n) is 4.70. The van der Waals surface area contributed by atoms with E-state index in [2.05, 4.69) is 22.3 Å². The highest BCUT2D eigenvalue weighted by atomic mass is 19.4. The van der Waals surface area contributed by atoms with Crippen LogP contribution in [0.1, 0.15) is 36.8 Å². The zero-order valence-corrected chi connectivity index (χ0v) is 16.4. The van der Waals surface area contributed by atoms with Gasteiger partial charge >= 0.3 is 6.18 Å². The summed E-state index contributed by atoms with van der Waals surface area (Å²) in [5.74, 6) is -0.433. The highest BCUT2D eigenvalue weighted by Crippen LogP contribution is 2.36. The van der Waals surface area contributed by atoms with Gasteiger partial charge in [0.1, 0.15) is 6.54 Å². The van der Waals surface area contributed by atoms with Gasteiger partial charge in [-0.1, -0.05) is 30.3 Å². The summed E-state index contributed by atoms with van der Waals surface area (Å²) >= 11 is 0. The highest BCUT2D eigenvalue weighted by molar-refractivity contribution is 5.76. The number of piperidine rings is 1. The maximum absolute atomic E-state index is 12.9. The molecule has 2 saturated heterocycles. The second-order valence-electron chi connectivity index (χ2n) is 8.16. The Balaban J connectivity index is 1.36. The molecule has 2 unspecified atom stereocenters. The fraction of sp³-hybridized carbons (Fsp3) is 0.455. The summed E-state index contributed by atoms with van der Waals surface area (Å²) in [4.78, 5) is 26.8. The summed E-state index contributed by atoms with van der Waals surface area (Å²) in [7, 11) is 0. The van der Waals surface area contributed by atoms with Crippen molar-refractivity contribution in [1.29, 1.82) is 0 Å². The average Bonchev–Trinajstić information content (AvgIpc) is 2.92. The van der Waals surface area contributed by atoms with E-state index in [1.807, 2.05) is 18.2 Å². The average molecular weight is 419 g/mol. The topological polar surface area (TPSA) is 54.3 Å². The van der Waals surface area contributed by atoms with Gasteiger partial charge in [0.05, 0.1) is 5.56 Å². The van der Waals surface area contributed by atoms with Crippen LogP contribution in [-0.4, -0.2) is 33.5 Å². The van der Waals surface area contributed by atoms with Crippen LogP contribution in [-0.2, 0) is 24.1 Å². The second-order valence-corrected chi connectivity index (χ2v) is 8.16. The third kappa shape index (κ3) is 4.59. The number of amides is 1. The van der Waals surface area contributed by atoms with Crippen molar-refractivity contribution in [3.8, 4) is 0 Å². The molecule has 1 amide bonds. The van der Waals surface area contributed by atoms with Crippen molar-refractivity contribution in [3.05, 3.63) is 70.1 Å². The molecule has 0 saturated carbocycles. The molecule has 4 rings (SSSR count). The van der Waals surface area contributed by atoms with Crippen LogP contribution in [0.3, 0.4) is 0 Å². The number of nitrogens with one attached hydrogen (secondary N) is 1. The van der Waals surface area contributed by atoms with Crippen molar-refractivity contribution in [3.63, 3.8) is 0 Å². The zero-order valence-electron chi connectivity index (χ0n) is 16.4. The first-order chi connectivity index (χ1) is 14.3. The molecule has 0 radical (unpaired) electrons. The standard InChI is InChI=1S/C22H24F3N3O2/c23-22(24,25)16-6-9-21(30)27(13-16)14-20(29)26-17-10-18-7-8-19(11-17)28(18)12-15-4-2-1-3-5-15/h1-6,9,13,17-19H,7-8,10-12,14H2,(H,26,29). The Hall–Kier alpha value is -2.61. The molecule has 2 atom stereocenters. The van der Waals surface area contributed by atoms with Crippen molar-refractivity contribution < 1.29 is 18.0 Å². The molecule has 2 bridgehead atoms. The first kappa shape index (κ1) is 20.7. The molecule has 3 heterocycles. The molecule has 30 heavy (non-hydrogen) atoms. The second kappa shape index (κ2) is 8.26. The van der Waals surface area contributed by atoms with Crippen LogP contribution in [0.5, 0.6) is 0 Å². The predicted octanol–water partition coefficient (Wildman–Crippen LogP) is 3.18. The van der Waals surface area contributed by atoms with Gasteiger partial charge in [-0.15, -0.1) is 0 Å². The normalized spacial score (nSPS) is 24.0. The highest BCUT2D eigenvalue weighted by Gasteiger charge is 2.41. The number of aromatic nitrogens is 1. The molecule has 0 spiro atoms. The van der Waals surface area contributed by atoms with E-state index in [1.54, 1.807) is 0 Å². The van der Waals surface area contributed by atoms with Gasteiger partial charge in [0.15, 0.2) is 0 Å². The Morgan fingerprint density at radius 1 is 1.03 bits per heavy atom. The molecule has 1 aromatic carbocycles.